The summed E-state index contributed by atoms with van der Waals surface area (Å²) >= 11 is 0. The van der Waals surface area contributed by atoms with E-state index in [0.29, 0.717) is 11.3 Å². The normalized spacial score (nSPS) is 11.4. The van der Waals surface area contributed by atoms with E-state index in [1.54, 1.807) is 0 Å². The highest BCUT2D eigenvalue weighted by atomic mass is 19.4. The summed E-state index contributed by atoms with van der Waals surface area (Å²) in [6, 6.07) is 5.88. The van der Waals surface area contributed by atoms with Crippen LogP contribution in [0.5, 0.6) is 5.75 Å². The summed E-state index contributed by atoms with van der Waals surface area (Å²) in [5, 5.41) is 0. The summed E-state index contributed by atoms with van der Waals surface area (Å²) in [5.74, 6) is 0.306. The molecule has 19 heavy (non-hydrogen) atoms. The van der Waals surface area contributed by atoms with Crippen molar-refractivity contribution < 1.29 is 17.9 Å². The Bertz CT molecular complexity index is 627. The number of hydrogen-bond acceptors (Lipinski definition) is 2. The summed E-state index contributed by atoms with van der Waals surface area (Å²) in [6.07, 6.45) is -3.08. The van der Waals surface area contributed by atoms with Crippen molar-refractivity contribution in [1.82, 2.24) is 4.98 Å². The van der Waals surface area contributed by atoms with Gasteiger partial charge in [0.2, 0.25) is 5.56 Å². The second kappa shape index (κ2) is 4.79. The molecular formula is C13H10F3NO2. The number of nitrogens with one attached hydrogen (secondary N) is 1. The summed E-state index contributed by atoms with van der Waals surface area (Å²) in [6.45, 7) is 0. The maximum Gasteiger partial charge on any atom is 0.416 e. The molecule has 1 aromatic heterocycles. The molecule has 0 aliphatic carbocycles. The Morgan fingerprint density at radius 3 is 2.42 bits per heavy atom. The molecule has 6 heteroatoms. The minimum atomic E-state index is -4.43. The first kappa shape index (κ1) is 13.2. The molecule has 0 aliphatic heterocycles. The molecule has 0 saturated heterocycles. The smallest absolute Gasteiger partial charge is 0.416 e. The van der Waals surface area contributed by atoms with Crippen LogP contribution in [0.1, 0.15) is 5.56 Å². The van der Waals surface area contributed by atoms with Crippen LogP contribution in [0.4, 0.5) is 13.2 Å². The van der Waals surface area contributed by atoms with Crippen LogP contribution in [-0.2, 0) is 6.18 Å². The lowest BCUT2D eigenvalue weighted by Gasteiger charge is -2.12. The minimum absolute atomic E-state index is 0.272. The number of halogens is 3. The zero-order valence-electron chi connectivity index (χ0n) is 9.91. The van der Waals surface area contributed by atoms with E-state index in [2.05, 4.69) is 4.98 Å². The van der Waals surface area contributed by atoms with Gasteiger partial charge in [0.15, 0.2) is 0 Å². The molecule has 1 aromatic carbocycles. The van der Waals surface area contributed by atoms with Crippen LogP contribution in [0, 0.1) is 0 Å². The Hall–Kier alpha value is -2.24. The second-order valence-corrected chi connectivity index (χ2v) is 3.85. The number of methoxy groups -OCH3 is 1. The molecule has 0 atom stereocenters. The largest absolute Gasteiger partial charge is 0.496 e. The van der Waals surface area contributed by atoms with Gasteiger partial charge in [-0.3, -0.25) is 4.79 Å². The third-order valence-electron chi connectivity index (χ3n) is 2.62. The molecule has 0 radical (unpaired) electrons. The Morgan fingerprint density at radius 2 is 1.89 bits per heavy atom. The number of aromatic amines is 1. The maximum atomic E-state index is 12.7. The van der Waals surface area contributed by atoms with E-state index in [1.165, 1.54) is 31.5 Å². The quantitative estimate of drug-likeness (QED) is 0.910. The fourth-order valence-electron chi connectivity index (χ4n) is 1.69. The highest BCUT2D eigenvalue weighted by molar-refractivity contribution is 5.70. The van der Waals surface area contributed by atoms with E-state index in [4.69, 9.17) is 4.74 Å². The first-order valence-corrected chi connectivity index (χ1v) is 5.36. The monoisotopic (exact) mass is 269 g/mol. The van der Waals surface area contributed by atoms with Gasteiger partial charge in [-0.1, -0.05) is 0 Å². The lowest BCUT2D eigenvalue weighted by Crippen LogP contribution is -2.06. The van der Waals surface area contributed by atoms with Gasteiger partial charge in [-0.15, -0.1) is 0 Å². The zero-order chi connectivity index (χ0) is 14.0. The van der Waals surface area contributed by atoms with Gasteiger partial charge in [0.05, 0.1) is 12.7 Å². The predicted molar refractivity (Wildman–Crippen MR) is 64.1 cm³/mol. The van der Waals surface area contributed by atoms with Crippen molar-refractivity contribution in [3.8, 4) is 16.9 Å². The number of pyridine rings is 1. The van der Waals surface area contributed by atoms with E-state index in [-0.39, 0.29) is 11.1 Å². The van der Waals surface area contributed by atoms with Gasteiger partial charge >= 0.3 is 6.18 Å². The number of rotatable bonds is 2. The molecule has 2 rings (SSSR count). The zero-order valence-corrected chi connectivity index (χ0v) is 9.91. The summed E-state index contributed by atoms with van der Waals surface area (Å²) in [7, 11) is 1.37. The van der Waals surface area contributed by atoms with Crippen molar-refractivity contribution in [2.75, 3.05) is 7.11 Å². The third kappa shape index (κ3) is 2.78. The maximum absolute atomic E-state index is 12.7. The molecule has 0 unspecified atom stereocenters. The molecule has 3 nitrogen and oxygen atoms in total. The van der Waals surface area contributed by atoms with Crippen molar-refractivity contribution >= 4 is 0 Å². The average molecular weight is 269 g/mol. The Kier molecular flexibility index (Phi) is 3.33. The molecule has 100 valence electrons. The van der Waals surface area contributed by atoms with E-state index in [9.17, 15) is 18.0 Å². The van der Waals surface area contributed by atoms with E-state index < -0.39 is 11.7 Å². The number of aromatic nitrogens is 1. The first-order valence-electron chi connectivity index (χ1n) is 5.36. The molecule has 0 fully saturated rings. The van der Waals surface area contributed by atoms with Gasteiger partial charge in [0.25, 0.3) is 0 Å². The van der Waals surface area contributed by atoms with Gasteiger partial charge in [0.1, 0.15) is 5.75 Å². The second-order valence-electron chi connectivity index (χ2n) is 3.85. The van der Waals surface area contributed by atoms with Gasteiger partial charge in [0, 0.05) is 23.4 Å². The van der Waals surface area contributed by atoms with Crippen LogP contribution >= 0.6 is 0 Å². The molecule has 0 aliphatic rings. The summed E-state index contributed by atoms with van der Waals surface area (Å²) < 4.78 is 43.1. The van der Waals surface area contributed by atoms with Crippen molar-refractivity contribution in [2.45, 2.75) is 6.18 Å². The number of benzene rings is 1. The minimum Gasteiger partial charge on any atom is -0.496 e. The van der Waals surface area contributed by atoms with E-state index >= 15 is 0 Å². The SMILES string of the molecule is COc1ccc(C(F)(F)F)cc1-c1ccc(=O)[nH]c1. The molecule has 2 aromatic rings. The van der Waals surface area contributed by atoms with Crippen LogP contribution in [0.3, 0.4) is 0 Å². The average Bonchev–Trinajstić information content (AvgIpc) is 2.38. The lowest BCUT2D eigenvalue weighted by molar-refractivity contribution is -0.137. The Labute approximate surface area is 106 Å². The van der Waals surface area contributed by atoms with E-state index in [0.717, 1.165) is 12.1 Å². The molecule has 0 amide bonds. The number of hydrogen-bond donors (Lipinski definition) is 1. The fourth-order valence-corrected chi connectivity index (χ4v) is 1.69. The highest BCUT2D eigenvalue weighted by Gasteiger charge is 2.31. The van der Waals surface area contributed by atoms with Crippen LogP contribution in [-0.4, -0.2) is 12.1 Å². The fraction of sp³-hybridized carbons (Fsp3) is 0.154. The van der Waals surface area contributed by atoms with Gasteiger partial charge in [-0.2, -0.15) is 13.2 Å². The molecule has 0 saturated carbocycles. The van der Waals surface area contributed by atoms with Gasteiger partial charge in [-0.25, -0.2) is 0 Å². The summed E-state index contributed by atoms with van der Waals surface area (Å²) in [4.78, 5) is 13.4. The molecule has 1 heterocycles. The van der Waals surface area contributed by atoms with Crippen LogP contribution < -0.4 is 10.3 Å². The molecule has 1 N–H and O–H groups in total. The molecule has 0 spiro atoms. The number of ether oxygens (including phenoxy) is 1. The Balaban J connectivity index is 2.59. The lowest BCUT2D eigenvalue weighted by atomic mass is 10.0. The number of H-pyrrole nitrogens is 1. The van der Waals surface area contributed by atoms with Crippen LogP contribution in [0.15, 0.2) is 41.3 Å². The number of alkyl halides is 3. The molecule has 0 bridgehead atoms. The van der Waals surface area contributed by atoms with Crippen molar-refractivity contribution in [2.24, 2.45) is 0 Å². The van der Waals surface area contributed by atoms with Gasteiger partial charge < -0.3 is 9.72 Å². The Morgan fingerprint density at radius 1 is 1.16 bits per heavy atom. The summed E-state index contributed by atoms with van der Waals surface area (Å²) in [5.41, 5.74) is -0.375. The third-order valence-corrected chi connectivity index (χ3v) is 2.62. The van der Waals surface area contributed by atoms with Crippen LogP contribution in [0.2, 0.25) is 0 Å². The topological polar surface area (TPSA) is 42.1 Å². The highest BCUT2D eigenvalue weighted by Crippen LogP contribution is 2.36. The van der Waals surface area contributed by atoms with Crippen molar-refractivity contribution in [1.29, 1.82) is 0 Å². The standard InChI is InChI=1S/C13H10F3NO2/c1-19-11-4-3-9(13(14,15)16)6-10(11)8-2-5-12(18)17-7-8/h2-7H,1H3,(H,17,18). The first-order chi connectivity index (χ1) is 8.91. The predicted octanol–water partition coefficient (Wildman–Crippen LogP) is 3.07. The van der Waals surface area contributed by atoms with Crippen molar-refractivity contribution in [3.05, 3.63) is 52.4 Å². The van der Waals surface area contributed by atoms with Gasteiger partial charge in [-0.05, 0) is 24.3 Å². The van der Waals surface area contributed by atoms with E-state index in [1.807, 2.05) is 0 Å². The molecular weight excluding hydrogens is 259 g/mol. The van der Waals surface area contributed by atoms with Crippen molar-refractivity contribution in [3.63, 3.8) is 0 Å². The van der Waals surface area contributed by atoms with Crippen LogP contribution in [0.25, 0.3) is 11.1 Å².